The van der Waals surface area contributed by atoms with Crippen LogP contribution in [0.25, 0.3) is 17.0 Å². The largest absolute Gasteiger partial charge is 0.456 e. The minimum atomic E-state index is -0.463. The van der Waals surface area contributed by atoms with Crippen molar-refractivity contribution in [1.82, 2.24) is 15.6 Å². The molecule has 7 nitrogen and oxygen atoms in total. The van der Waals surface area contributed by atoms with Crippen molar-refractivity contribution in [2.45, 2.75) is 0 Å². The zero-order valence-corrected chi connectivity index (χ0v) is 11.6. The fourth-order valence-electron chi connectivity index (χ4n) is 1.90. The SMILES string of the molecule is CNC(=O)c1cncc2cc(/C=C3\SC(=O)NC3=O)oc12. The van der Waals surface area contributed by atoms with Crippen molar-refractivity contribution in [2.24, 2.45) is 0 Å². The van der Waals surface area contributed by atoms with Crippen molar-refractivity contribution in [1.29, 1.82) is 0 Å². The first kappa shape index (κ1) is 13.4. The van der Waals surface area contributed by atoms with E-state index in [1.54, 1.807) is 12.3 Å². The maximum absolute atomic E-state index is 11.7. The van der Waals surface area contributed by atoms with Gasteiger partial charge in [-0.05, 0) is 17.8 Å². The van der Waals surface area contributed by atoms with Crippen molar-refractivity contribution in [3.05, 3.63) is 34.7 Å². The van der Waals surface area contributed by atoms with Gasteiger partial charge in [-0.25, -0.2) is 0 Å². The summed E-state index contributed by atoms with van der Waals surface area (Å²) < 4.78 is 5.59. The van der Waals surface area contributed by atoms with Gasteiger partial charge < -0.3 is 9.73 Å². The van der Waals surface area contributed by atoms with Crippen LogP contribution in [0.1, 0.15) is 16.1 Å². The van der Waals surface area contributed by atoms with E-state index in [1.165, 1.54) is 19.3 Å². The second-order valence-corrected chi connectivity index (χ2v) is 5.20. The molecule has 1 fully saturated rings. The Morgan fingerprint density at radius 1 is 1.43 bits per heavy atom. The van der Waals surface area contributed by atoms with Crippen molar-refractivity contribution >= 4 is 45.9 Å². The van der Waals surface area contributed by atoms with Crippen LogP contribution in [0.5, 0.6) is 0 Å². The number of fused-ring (bicyclic) bond motifs is 1. The third-order valence-electron chi connectivity index (χ3n) is 2.83. The second-order valence-electron chi connectivity index (χ2n) is 4.19. The molecule has 0 aliphatic carbocycles. The number of imide groups is 1. The molecule has 8 heteroatoms. The van der Waals surface area contributed by atoms with Gasteiger partial charge in [0, 0.05) is 30.9 Å². The zero-order chi connectivity index (χ0) is 15.0. The molecule has 1 aliphatic heterocycles. The molecule has 3 heterocycles. The summed E-state index contributed by atoms with van der Waals surface area (Å²) in [4.78, 5) is 38.5. The molecule has 3 amide bonds. The maximum atomic E-state index is 11.7. The Morgan fingerprint density at radius 2 is 2.24 bits per heavy atom. The lowest BCUT2D eigenvalue weighted by Gasteiger charge is -1.98. The Bertz CT molecular complexity index is 809. The summed E-state index contributed by atoms with van der Waals surface area (Å²) in [6.45, 7) is 0. The maximum Gasteiger partial charge on any atom is 0.290 e. The predicted molar refractivity (Wildman–Crippen MR) is 76.5 cm³/mol. The molecular formula is C13H9N3O4S. The smallest absolute Gasteiger partial charge is 0.290 e. The first-order valence-corrected chi connectivity index (χ1v) is 6.74. The van der Waals surface area contributed by atoms with E-state index < -0.39 is 11.1 Å². The van der Waals surface area contributed by atoms with Crippen LogP contribution in [0.2, 0.25) is 0 Å². The Kier molecular flexibility index (Phi) is 3.22. The van der Waals surface area contributed by atoms with Crippen LogP contribution in [0.3, 0.4) is 0 Å². The second kappa shape index (κ2) is 5.06. The Hall–Kier alpha value is -2.61. The number of carbonyl (C=O) groups is 3. The number of thioether (sulfide) groups is 1. The third kappa shape index (κ3) is 2.40. The summed E-state index contributed by atoms with van der Waals surface area (Å²) in [5.41, 5.74) is 0.685. The van der Waals surface area contributed by atoms with Gasteiger partial charge in [0.1, 0.15) is 11.3 Å². The molecule has 0 unspecified atom stereocenters. The van der Waals surface area contributed by atoms with Gasteiger partial charge in [0.2, 0.25) is 0 Å². The summed E-state index contributed by atoms with van der Waals surface area (Å²) in [7, 11) is 1.51. The number of carbonyl (C=O) groups excluding carboxylic acids is 3. The normalized spacial score (nSPS) is 16.5. The number of nitrogens with zero attached hydrogens (tertiary/aromatic N) is 1. The minimum Gasteiger partial charge on any atom is -0.456 e. The average molecular weight is 303 g/mol. The molecule has 1 saturated heterocycles. The van der Waals surface area contributed by atoms with Gasteiger partial charge in [-0.3, -0.25) is 24.7 Å². The molecular weight excluding hydrogens is 294 g/mol. The highest BCUT2D eigenvalue weighted by Crippen LogP contribution is 2.28. The summed E-state index contributed by atoms with van der Waals surface area (Å²) in [6, 6.07) is 1.65. The van der Waals surface area contributed by atoms with E-state index in [9.17, 15) is 14.4 Å². The summed E-state index contributed by atoms with van der Waals surface area (Å²) in [5.74, 6) is -0.407. The van der Waals surface area contributed by atoms with E-state index in [-0.39, 0.29) is 10.8 Å². The minimum absolute atomic E-state index is 0.244. The molecule has 0 radical (unpaired) electrons. The number of hydrogen-bond donors (Lipinski definition) is 2. The van der Waals surface area contributed by atoms with Crippen LogP contribution in [0.15, 0.2) is 27.8 Å². The standard InChI is InChI=1S/C13H9N3O4S/c1-14-11(17)8-5-15-4-6-2-7(20-10(6)8)3-9-12(18)16-13(19)21-9/h2-5H,1H3,(H,14,17)(H,16,18,19)/b9-3-. The molecule has 0 bridgehead atoms. The van der Waals surface area contributed by atoms with Crippen LogP contribution < -0.4 is 10.6 Å². The van der Waals surface area contributed by atoms with Gasteiger partial charge in [0.05, 0.1) is 4.91 Å². The van der Waals surface area contributed by atoms with Gasteiger partial charge in [0.25, 0.3) is 17.1 Å². The monoisotopic (exact) mass is 303 g/mol. The first-order chi connectivity index (χ1) is 10.1. The molecule has 21 heavy (non-hydrogen) atoms. The lowest BCUT2D eigenvalue weighted by Crippen LogP contribution is -2.18. The molecule has 1 aliphatic rings. The number of rotatable bonds is 2. The van der Waals surface area contributed by atoms with Crippen molar-refractivity contribution in [2.75, 3.05) is 7.05 Å². The summed E-state index contributed by atoms with van der Waals surface area (Å²) >= 11 is 0.800. The predicted octanol–water partition coefficient (Wildman–Crippen LogP) is 1.51. The Morgan fingerprint density at radius 3 is 2.90 bits per heavy atom. The van der Waals surface area contributed by atoms with Gasteiger partial charge in [-0.1, -0.05) is 0 Å². The van der Waals surface area contributed by atoms with Crippen molar-refractivity contribution in [3.8, 4) is 0 Å². The van der Waals surface area contributed by atoms with Gasteiger partial charge in [-0.2, -0.15) is 0 Å². The van der Waals surface area contributed by atoms with E-state index >= 15 is 0 Å². The van der Waals surface area contributed by atoms with E-state index in [2.05, 4.69) is 15.6 Å². The zero-order valence-electron chi connectivity index (χ0n) is 10.8. The first-order valence-electron chi connectivity index (χ1n) is 5.93. The lowest BCUT2D eigenvalue weighted by atomic mass is 10.2. The lowest BCUT2D eigenvalue weighted by molar-refractivity contribution is -0.115. The van der Waals surface area contributed by atoms with E-state index in [4.69, 9.17) is 4.42 Å². The van der Waals surface area contributed by atoms with E-state index in [0.717, 1.165) is 11.8 Å². The highest BCUT2D eigenvalue weighted by Gasteiger charge is 2.25. The topological polar surface area (TPSA) is 101 Å². The highest BCUT2D eigenvalue weighted by molar-refractivity contribution is 8.18. The molecule has 3 rings (SSSR count). The average Bonchev–Trinajstić information content (AvgIpc) is 3.00. The molecule has 2 aromatic rings. The third-order valence-corrected chi connectivity index (χ3v) is 3.64. The number of aromatic nitrogens is 1. The fourth-order valence-corrected chi connectivity index (χ4v) is 2.56. The number of hydrogen-bond acceptors (Lipinski definition) is 6. The van der Waals surface area contributed by atoms with Gasteiger partial charge in [0.15, 0.2) is 5.58 Å². The van der Waals surface area contributed by atoms with Crippen LogP contribution in [-0.4, -0.2) is 29.1 Å². The van der Waals surface area contributed by atoms with Crippen LogP contribution in [-0.2, 0) is 4.79 Å². The quantitative estimate of drug-likeness (QED) is 0.815. The van der Waals surface area contributed by atoms with Crippen molar-refractivity contribution < 1.29 is 18.8 Å². The van der Waals surface area contributed by atoms with E-state index in [0.29, 0.717) is 22.3 Å². The summed E-state index contributed by atoms with van der Waals surface area (Å²) in [5, 5.41) is 4.88. The highest BCUT2D eigenvalue weighted by atomic mass is 32.2. The molecule has 2 aromatic heterocycles. The van der Waals surface area contributed by atoms with Crippen LogP contribution >= 0.6 is 11.8 Å². The molecule has 0 atom stereocenters. The van der Waals surface area contributed by atoms with Crippen LogP contribution in [0, 0.1) is 0 Å². The number of furan rings is 1. The summed E-state index contributed by atoms with van der Waals surface area (Å²) in [6.07, 6.45) is 4.42. The molecule has 0 aromatic carbocycles. The van der Waals surface area contributed by atoms with Gasteiger partial charge in [-0.15, -0.1) is 0 Å². The Balaban J connectivity index is 2.06. The molecule has 0 saturated carbocycles. The molecule has 2 N–H and O–H groups in total. The molecule has 106 valence electrons. The van der Waals surface area contributed by atoms with Gasteiger partial charge >= 0.3 is 0 Å². The Labute approximate surface area is 122 Å². The fraction of sp³-hybridized carbons (Fsp3) is 0.0769. The van der Waals surface area contributed by atoms with Crippen LogP contribution in [0.4, 0.5) is 4.79 Å². The molecule has 0 spiro atoms. The number of pyridine rings is 1. The van der Waals surface area contributed by atoms with Crippen molar-refractivity contribution in [3.63, 3.8) is 0 Å². The number of nitrogens with one attached hydrogen (secondary N) is 2. The number of amides is 3. The van der Waals surface area contributed by atoms with E-state index in [1.807, 2.05) is 0 Å².